The van der Waals surface area contributed by atoms with Crippen LogP contribution in [-0.2, 0) is 33.3 Å². The van der Waals surface area contributed by atoms with Crippen LogP contribution in [0.2, 0.25) is 0 Å². The molecule has 0 radical (unpaired) electrons. The summed E-state index contributed by atoms with van der Waals surface area (Å²) in [6, 6.07) is 0. The fraction of sp³-hybridized carbons (Fsp3) is 0.571. The molecule has 0 aromatic carbocycles. The Morgan fingerprint density at radius 2 is 1.69 bits per heavy atom. The highest BCUT2D eigenvalue weighted by molar-refractivity contribution is 6.23. The fourth-order valence-corrected chi connectivity index (χ4v) is 6.43. The third-order valence-corrected chi connectivity index (χ3v) is 8.94. The van der Waals surface area contributed by atoms with Crippen molar-refractivity contribution >= 4 is 29.7 Å². The van der Waals surface area contributed by atoms with Gasteiger partial charge in [0, 0.05) is 50.4 Å². The second-order valence-corrected chi connectivity index (χ2v) is 12.8. The van der Waals surface area contributed by atoms with E-state index in [4.69, 9.17) is 30.4 Å². The van der Waals surface area contributed by atoms with Crippen LogP contribution in [-0.4, -0.2) is 99.4 Å². The molecule has 2 heterocycles. The number of carbonyl (C=O) groups is 5. The second kappa shape index (κ2) is 18.5. The van der Waals surface area contributed by atoms with Gasteiger partial charge in [0.25, 0.3) is 5.91 Å². The van der Waals surface area contributed by atoms with Gasteiger partial charge in [0.15, 0.2) is 6.10 Å². The number of ketones is 2. The van der Waals surface area contributed by atoms with E-state index in [0.29, 0.717) is 18.5 Å². The van der Waals surface area contributed by atoms with Gasteiger partial charge in [-0.3, -0.25) is 14.4 Å². The van der Waals surface area contributed by atoms with Crippen LogP contribution in [0.25, 0.3) is 0 Å². The average Bonchev–Trinajstić information content (AvgIpc) is 3.56. The summed E-state index contributed by atoms with van der Waals surface area (Å²) in [6.45, 7) is 10.1. The predicted molar refractivity (Wildman–Crippen MR) is 182 cm³/mol. The first-order chi connectivity index (χ1) is 23.2. The molecule has 6 atom stereocenters. The Balaban J connectivity index is 2.08. The number of primary amides is 2. The molecule has 0 aromatic heterocycles. The first kappa shape index (κ1) is 39.2. The van der Waals surface area contributed by atoms with Crippen LogP contribution in [0.3, 0.4) is 0 Å². The van der Waals surface area contributed by atoms with E-state index in [1.54, 1.807) is 39.0 Å². The number of methoxy groups -OCH3 is 2. The first-order valence-corrected chi connectivity index (χ1v) is 16.6. The summed E-state index contributed by atoms with van der Waals surface area (Å²) in [6.07, 6.45) is 4.82. The number of hydrogen-bond donors (Lipinski definition) is 4. The maximum Gasteiger partial charge on any atom is 0.405 e. The number of ether oxygens (including phenoxy) is 4. The minimum atomic E-state index is -1.03. The molecule has 6 unspecified atom stereocenters. The molecule has 1 saturated heterocycles. The average molecular weight is 686 g/mol. The summed E-state index contributed by atoms with van der Waals surface area (Å²) in [5.74, 6) is -2.24. The molecule has 270 valence electrons. The van der Waals surface area contributed by atoms with Gasteiger partial charge in [-0.25, -0.2) is 9.59 Å². The normalized spacial score (nSPS) is 30.7. The maximum atomic E-state index is 13.9. The number of nitrogens with one attached hydrogen (secondary N) is 2. The zero-order chi connectivity index (χ0) is 36.2. The number of rotatable bonds is 8. The number of amides is 3. The lowest BCUT2D eigenvalue weighted by Gasteiger charge is -2.32. The number of nitrogens with two attached hydrogens (primary N) is 2. The standard InChI is InChI=1S/C35H51N5O9/c1-20-16-24-29(38-12-15-40-13-7-8-14-40)26(41)19-25(30(24)42)39-33(43)21(2)10-9-11-27(46-5)31(48-34(36)44)22(3)18-23(4)32(49-35(37)45)28(17-20)47-6/h9-11,18-20,23,27-28,31-32,38H,7-8,12-17H2,1-6H3,(H2,36,44)(H2,37,45)(H,39,43)/b11-9-,21-10-,22-18-. The number of hydrogen-bond acceptors (Lipinski definition) is 11. The van der Waals surface area contributed by atoms with Crippen molar-refractivity contribution in [3.63, 3.8) is 0 Å². The Morgan fingerprint density at radius 3 is 2.31 bits per heavy atom. The van der Waals surface area contributed by atoms with E-state index in [9.17, 15) is 24.0 Å². The van der Waals surface area contributed by atoms with E-state index < -0.39 is 60.0 Å². The van der Waals surface area contributed by atoms with E-state index >= 15 is 0 Å². The third kappa shape index (κ3) is 11.1. The summed E-state index contributed by atoms with van der Waals surface area (Å²) in [5, 5.41) is 5.81. The van der Waals surface area contributed by atoms with Crippen molar-refractivity contribution in [2.45, 2.75) is 77.8 Å². The van der Waals surface area contributed by atoms with Crippen LogP contribution in [0, 0.1) is 11.8 Å². The molecule has 3 aliphatic rings. The Morgan fingerprint density at radius 1 is 1.02 bits per heavy atom. The smallest absolute Gasteiger partial charge is 0.405 e. The van der Waals surface area contributed by atoms with Gasteiger partial charge in [0.05, 0.1) is 17.5 Å². The largest absolute Gasteiger partial charge is 0.443 e. The quantitative estimate of drug-likeness (QED) is 0.216. The van der Waals surface area contributed by atoms with Crippen molar-refractivity contribution in [2.24, 2.45) is 23.3 Å². The number of likely N-dealkylation sites (tertiary alicyclic amines) is 1. The van der Waals surface area contributed by atoms with E-state index in [-0.39, 0.29) is 34.9 Å². The summed E-state index contributed by atoms with van der Waals surface area (Å²) in [5.41, 5.74) is 12.0. The molecule has 1 fully saturated rings. The van der Waals surface area contributed by atoms with E-state index in [1.165, 1.54) is 20.3 Å². The van der Waals surface area contributed by atoms with Gasteiger partial charge in [-0.1, -0.05) is 38.2 Å². The van der Waals surface area contributed by atoms with Crippen molar-refractivity contribution in [3.8, 4) is 0 Å². The lowest BCUT2D eigenvalue weighted by molar-refractivity contribution is -0.120. The van der Waals surface area contributed by atoms with Crippen LogP contribution in [0.1, 0.15) is 53.4 Å². The van der Waals surface area contributed by atoms with Gasteiger partial charge in [-0.15, -0.1) is 0 Å². The van der Waals surface area contributed by atoms with Gasteiger partial charge in [-0.2, -0.15) is 0 Å². The zero-order valence-electron chi connectivity index (χ0n) is 29.3. The highest BCUT2D eigenvalue weighted by Gasteiger charge is 2.35. The monoisotopic (exact) mass is 685 g/mol. The highest BCUT2D eigenvalue weighted by atomic mass is 16.6. The fourth-order valence-electron chi connectivity index (χ4n) is 6.43. The molecule has 14 heteroatoms. The van der Waals surface area contributed by atoms with Gasteiger partial charge in [-0.05, 0) is 64.1 Å². The first-order valence-electron chi connectivity index (χ1n) is 16.6. The Labute approximate surface area is 287 Å². The van der Waals surface area contributed by atoms with Crippen LogP contribution >= 0.6 is 0 Å². The molecule has 3 rings (SSSR count). The molecule has 0 aromatic rings. The second-order valence-electron chi connectivity index (χ2n) is 12.8. The molecular weight excluding hydrogens is 634 g/mol. The van der Waals surface area contributed by atoms with E-state index in [0.717, 1.165) is 38.6 Å². The Kier molecular flexibility index (Phi) is 14.8. The number of fused-ring (bicyclic) bond motifs is 2. The molecule has 1 aliphatic carbocycles. The number of carbonyl (C=O) groups excluding carboxylic acids is 5. The van der Waals surface area contributed by atoms with Gasteiger partial charge in [0.1, 0.15) is 12.2 Å². The Hall–Kier alpha value is -4.27. The molecule has 2 bridgehead atoms. The van der Waals surface area contributed by atoms with Crippen molar-refractivity contribution in [1.29, 1.82) is 0 Å². The van der Waals surface area contributed by atoms with Crippen LogP contribution in [0.4, 0.5) is 9.59 Å². The third-order valence-electron chi connectivity index (χ3n) is 8.94. The molecular formula is C35H51N5O9. The highest BCUT2D eigenvalue weighted by Crippen LogP contribution is 2.30. The summed E-state index contributed by atoms with van der Waals surface area (Å²) in [7, 11) is 2.89. The molecule has 0 saturated carbocycles. The van der Waals surface area contributed by atoms with Gasteiger partial charge in [0.2, 0.25) is 11.6 Å². The van der Waals surface area contributed by atoms with Crippen molar-refractivity contribution in [1.82, 2.24) is 15.5 Å². The lowest BCUT2D eigenvalue weighted by atomic mass is 9.85. The Bertz CT molecular complexity index is 1410. The minimum absolute atomic E-state index is 0.131. The maximum absolute atomic E-state index is 13.9. The lowest BCUT2D eigenvalue weighted by Crippen LogP contribution is -2.41. The molecule has 6 N–H and O–H groups in total. The van der Waals surface area contributed by atoms with Crippen LogP contribution in [0.15, 0.2) is 58.5 Å². The SMILES string of the molecule is COC1/C=C\C=C(\C)C(=O)NC2=CC(=O)C(NCCN3CCCC3)=C(CC(C)CC(OC)C(OC(N)=O)C(C)/C=C(/C)C1OC(N)=O)C2=O. The topological polar surface area (TPSA) is 202 Å². The molecule has 49 heavy (non-hydrogen) atoms. The van der Waals surface area contributed by atoms with E-state index in [1.807, 2.05) is 6.92 Å². The molecule has 14 nitrogen and oxygen atoms in total. The number of allylic oxidation sites excluding steroid dienone is 4. The van der Waals surface area contributed by atoms with Gasteiger partial charge < -0.3 is 45.9 Å². The predicted octanol–water partition coefficient (Wildman–Crippen LogP) is 2.55. The zero-order valence-corrected chi connectivity index (χ0v) is 29.3. The van der Waals surface area contributed by atoms with Crippen molar-refractivity contribution in [3.05, 3.63) is 58.5 Å². The van der Waals surface area contributed by atoms with Crippen molar-refractivity contribution in [2.75, 3.05) is 40.4 Å². The van der Waals surface area contributed by atoms with Crippen LogP contribution in [0.5, 0.6) is 0 Å². The number of nitrogens with zero attached hydrogens (tertiary/aromatic N) is 1. The minimum Gasteiger partial charge on any atom is -0.443 e. The molecule has 3 amide bonds. The summed E-state index contributed by atoms with van der Waals surface area (Å²) < 4.78 is 22.4. The van der Waals surface area contributed by atoms with Crippen molar-refractivity contribution < 1.29 is 42.9 Å². The van der Waals surface area contributed by atoms with E-state index in [2.05, 4.69) is 15.5 Å². The van der Waals surface area contributed by atoms with Gasteiger partial charge >= 0.3 is 12.2 Å². The van der Waals surface area contributed by atoms with Crippen LogP contribution < -0.4 is 22.1 Å². The molecule has 0 spiro atoms. The summed E-state index contributed by atoms with van der Waals surface area (Å²) >= 11 is 0. The number of Topliss-reactive ketones (excluding diaryl/α,β-unsaturated/α-hetero) is 1. The summed E-state index contributed by atoms with van der Waals surface area (Å²) in [4.78, 5) is 66.9. The molecule has 2 aliphatic heterocycles.